The lowest BCUT2D eigenvalue weighted by Gasteiger charge is -2.06. The number of amides is 1. The number of nitrogens with zero attached hydrogens (tertiary/aromatic N) is 1. The third-order valence-electron chi connectivity index (χ3n) is 2.68. The minimum Gasteiger partial charge on any atom is -0.370 e. The molecule has 2 rings (SSSR count). The molecule has 1 heterocycles. The molecule has 1 aromatic heterocycles. The predicted molar refractivity (Wildman–Crippen MR) is 75.6 cm³/mol. The lowest BCUT2D eigenvalue weighted by molar-refractivity contribution is -0.136. The molecule has 0 saturated heterocycles. The van der Waals surface area contributed by atoms with Crippen LogP contribution >= 0.6 is 12.4 Å². The number of nitrogens with two attached hydrogens (primary N) is 1. The highest BCUT2D eigenvalue weighted by Gasteiger charge is 2.33. The summed E-state index contributed by atoms with van der Waals surface area (Å²) in [6.45, 7) is 0. The fourth-order valence-corrected chi connectivity index (χ4v) is 1.74. The first-order chi connectivity index (χ1) is 9.32. The molecule has 0 unspecified atom stereocenters. The second-order valence-corrected chi connectivity index (χ2v) is 4.00. The number of H-pyrrole nitrogens is 1. The molecule has 0 spiro atoms. The van der Waals surface area contributed by atoms with Crippen LogP contribution in [0.1, 0.15) is 16.1 Å². The van der Waals surface area contributed by atoms with Gasteiger partial charge in [0.2, 0.25) is 0 Å². The molecule has 5 nitrogen and oxygen atoms in total. The van der Waals surface area contributed by atoms with Crippen LogP contribution in [0, 0.1) is 0 Å². The van der Waals surface area contributed by atoms with Crippen molar-refractivity contribution in [2.24, 2.45) is 10.7 Å². The van der Waals surface area contributed by atoms with Gasteiger partial charge >= 0.3 is 6.18 Å². The first-order valence-electron chi connectivity index (χ1n) is 5.58. The minimum atomic E-state index is -4.49. The van der Waals surface area contributed by atoms with Gasteiger partial charge in [-0.25, -0.2) is 0 Å². The summed E-state index contributed by atoms with van der Waals surface area (Å²) in [6.07, 6.45) is -4.49. The van der Waals surface area contributed by atoms with E-state index >= 15 is 0 Å². The zero-order valence-electron chi connectivity index (χ0n) is 10.8. The number of benzene rings is 1. The average molecular weight is 321 g/mol. The summed E-state index contributed by atoms with van der Waals surface area (Å²) in [5, 5.41) is 2.37. The molecule has 0 saturated carbocycles. The first kappa shape index (κ1) is 16.8. The van der Waals surface area contributed by atoms with Crippen molar-refractivity contribution in [1.29, 1.82) is 0 Å². The number of guanidine groups is 1. The first-order valence-corrected chi connectivity index (χ1v) is 5.58. The van der Waals surface area contributed by atoms with E-state index in [-0.39, 0.29) is 35.0 Å². The van der Waals surface area contributed by atoms with Gasteiger partial charge in [-0.1, -0.05) is 6.07 Å². The van der Waals surface area contributed by atoms with Crippen LogP contribution in [0.15, 0.2) is 29.3 Å². The summed E-state index contributed by atoms with van der Waals surface area (Å²) < 4.78 is 38.5. The summed E-state index contributed by atoms with van der Waals surface area (Å²) in [6, 6.07) is 4.79. The molecule has 0 atom stereocenters. The maximum atomic E-state index is 12.8. The van der Waals surface area contributed by atoms with Gasteiger partial charge in [0.1, 0.15) is 5.69 Å². The number of nitrogens with one attached hydrogen (secondary N) is 2. The summed E-state index contributed by atoms with van der Waals surface area (Å²) >= 11 is 0. The Kier molecular flexibility index (Phi) is 4.84. The SMILES string of the molecule is CNC(N)=NC(=O)c1cc2c(C(F)(F)F)cccc2[nH]1.Cl. The fourth-order valence-electron chi connectivity index (χ4n) is 1.74. The Morgan fingerprint density at radius 1 is 1.38 bits per heavy atom. The molecule has 1 aromatic carbocycles. The number of fused-ring (bicyclic) bond motifs is 1. The monoisotopic (exact) mass is 320 g/mol. The van der Waals surface area contributed by atoms with Crippen molar-refractivity contribution in [3.05, 3.63) is 35.5 Å². The van der Waals surface area contributed by atoms with Crippen LogP contribution < -0.4 is 11.1 Å². The highest BCUT2D eigenvalue weighted by Crippen LogP contribution is 2.35. The molecule has 0 aliphatic heterocycles. The Balaban J connectivity index is 0.00000220. The quantitative estimate of drug-likeness (QED) is 0.557. The highest BCUT2D eigenvalue weighted by atomic mass is 35.5. The molecule has 4 N–H and O–H groups in total. The number of hydrogen-bond donors (Lipinski definition) is 3. The summed E-state index contributed by atoms with van der Waals surface area (Å²) in [7, 11) is 1.47. The maximum absolute atomic E-state index is 12.8. The van der Waals surface area contributed by atoms with Crippen molar-refractivity contribution in [2.45, 2.75) is 6.18 Å². The molecule has 9 heteroatoms. The van der Waals surface area contributed by atoms with E-state index in [0.717, 1.165) is 12.1 Å². The third-order valence-corrected chi connectivity index (χ3v) is 2.68. The molecular formula is C12H12ClF3N4O. The van der Waals surface area contributed by atoms with Crippen molar-refractivity contribution in [1.82, 2.24) is 10.3 Å². The number of halogens is 4. The molecule has 0 fully saturated rings. The number of aliphatic imine (C=N–C) groups is 1. The van der Waals surface area contributed by atoms with E-state index in [0.29, 0.717) is 0 Å². The van der Waals surface area contributed by atoms with Crippen molar-refractivity contribution in [2.75, 3.05) is 7.05 Å². The summed E-state index contributed by atoms with van der Waals surface area (Å²) in [4.78, 5) is 17.8. The second kappa shape index (κ2) is 6.04. The number of rotatable bonds is 1. The van der Waals surface area contributed by atoms with Gasteiger partial charge < -0.3 is 16.0 Å². The lowest BCUT2D eigenvalue weighted by Crippen LogP contribution is -2.28. The van der Waals surface area contributed by atoms with Crippen LogP contribution in [0.3, 0.4) is 0 Å². The summed E-state index contributed by atoms with van der Waals surface area (Å²) in [5.74, 6) is -0.870. The Bertz CT molecular complexity index is 693. The average Bonchev–Trinajstić information content (AvgIpc) is 2.80. The van der Waals surface area contributed by atoms with Gasteiger partial charge in [0.15, 0.2) is 5.96 Å². The maximum Gasteiger partial charge on any atom is 0.417 e. The fraction of sp³-hybridized carbons (Fsp3) is 0.167. The molecule has 0 aliphatic rings. The topological polar surface area (TPSA) is 83.3 Å². The number of carbonyl (C=O) groups excluding carboxylic acids is 1. The molecule has 2 aromatic rings. The van der Waals surface area contributed by atoms with Gasteiger partial charge in [-0.05, 0) is 18.2 Å². The van der Waals surface area contributed by atoms with E-state index in [1.54, 1.807) is 0 Å². The van der Waals surface area contributed by atoms with Gasteiger partial charge in [-0.2, -0.15) is 18.2 Å². The minimum absolute atomic E-state index is 0. The highest BCUT2D eigenvalue weighted by molar-refractivity contribution is 6.04. The number of aromatic amines is 1. The van der Waals surface area contributed by atoms with Gasteiger partial charge in [-0.15, -0.1) is 12.4 Å². The van der Waals surface area contributed by atoms with Crippen molar-refractivity contribution in [3.8, 4) is 0 Å². The van der Waals surface area contributed by atoms with Crippen LogP contribution in [-0.2, 0) is 6.18 Å². The van der Waals surface area contributed by atoms with Crippen LogP contribution in [0.25, 0.3) is 10.9 Å². The van der Waals surface area contributed by atoms with E-state index in [1.165, 1.54) is 19.2 Å². The Morgan fingerprint density at radius 3 is 2.62 bits per heavy atom. The zero-order chi connectivity index (χ0) is 14.9. The van der Waals surface area contributed by atoms with E-state index in [1.807, 2.05) is 0 Å². The standard InChI is InChI=1S/C12H11F3N4O.ClH/c1-17-11(16)19-10(20)9-5-6-7(12(13,14)15)3-2-4-8(6)18-9;/h2-5,18H,1H3,(H3,16,17,19,20);1H. The molecular weight excluding hydrogens is 309 g/mol. The smallest absolute Gasteiger partial charge is 0.370 e. The number of alkyl halides is 3. The largest absolute Gasteiger partial charge is 0.417 e. The van der Waals surface area contributed by atoms with Crippen molar-refractivity contribution >= 4 is 35.2 Å². The number of carbonyl (C=O) groups is 1. The molecule has 0 bridgehead atoms. The second-order valence-electron chi connectivity index (χ2n) is 4.00. The predicted octanol–water partition coefficient (Wildman–Crippen LogP) is 2.28. The van der Waals surface area contributed by atoms with Crippen LogP contribution in [-0.4, -0.2) is 23.9 Å². The third kappa shape index (κ3) is 3.46. The van der Waals surface area contributed by atoms with E-state index in [2.05, 4.69) is 15.3 Å². The van der Waals surface area contributed by atoms with Crippen molar-refractivity contribution in [3.63, 3.8) is 0 Å². The molecule has 21 heavy (non-hydrogen) atoms. The summed E-state index contributed by atoms with van der Waals surface area (Å²) in [5.41, 5.74) is 4.67. The Morgan fingerprint density at radius 2 is 2.05 bits per heavy atom. The molecule has 0 aliphatic carbocycles. The number of aromatic nitrogens is 1. The Hall–Kier alpha value is -2.22. The molecule has 0 radical (unpaired) electrons. The van der Waals surface area contributed by atoms with Gasteiger partial charge in [0.05, 0.1) is 5.56 Å². The number of hydrogen-bond acceptors (Lipinski definition) is 1. The normalized spacial score (nSPS) is 12.1. The van der Waals surface area contributed by atoms with Crippen molar-refractivity contribution < 1.29 is 18.0 Å². The van der Waals surface area contributed by atoms with Crippen LogP contribution in [0.5, 0.6) is 0 Å². The van der Waals surface area contributed by atoms with Crippen LogP contribution in [0.2, 0.25) is 0 Å². The molecule has 1 amide bonds. The zero-order valence-corrected chi connectivity index (χ0v) is 11.6. The lowest BCUT2D eigenvalue weighted by atomic mass is 10.1. The van der Waals surface area contributed by atoms with Crippen LogP contribution in [0.4, 0.5) is 13.2 Å². The van der Waals surface area contributed by atoms with Gasteiger partial charge in [0.25, 0.3) is 5.91 Å². The van der Waals surface area contributed by atoms with E-state index in [4.69, 9.17) is 5.73 Å². The van der Waals surface area contributed by atoms with Gasteiger partial charge in [-0.3, -0.25) is 4.79 Å². The van der Waals surface area contributed by atoms with E-state index < -0.39 is 17.6 Å². The molecule has 114 valence electrons. The Labute approximate surface area is 123 Å². The van der Waals surface area contributed by atoms with E-state index in [9.17, 15) is 18.0 Å². The van der Waals surface area contributed by atoms with Gasteiger partial charge in [0, 0.05) is 18.0 Å².